The normalized spacial score (nSPS) is 9.90. The summed E-state index contributed by atoms with van der Waals surface area (Å²) in [6.45, 7) is 0. The van der Waals surface area contributed by atoms with Gasteiger partial charge in [-0.1, -0.05) is 101 Å². The van der Waals surface area contributed by atoms with Gasteiger partial charge >= 0.3 is 0 Å². The van der Waals surface area contributed by atoms with E-state index in [0.29, 0.717) is 11.1 Å². The van der Waals surface area contributed by atoms with Crippen LogP contribution in [0.15, 0.2) is 114 Å². The number of halogens is 1. The lowest BCUT2D eigenvalue weighted by atomic mass is 10.0. The summed E-state index contributed by atoms with van der Waals surface area (Å²) in [4.78, 5) is 23.9. The maximum atomic E-state index is 12.0. The van der Waals surface area contributed by atoms with E-state index in [-0.39, 0.29) is 17.3 Å². The first-order valence-corrected chi connectivity index (χ1v) is 10.1. The maximum absolute atomic E-state index is 12.0. The molecule has 4 rings (SSSR count). The Bertz CT molecular complexity index is 1050. The van der Waals surface area contributed by atoms with Crippen molar-refractivity contribution in [2.75, 3.05) is 0 Å². The van der Waals surface area contributed by atoms with Gasteiger partial charge in [-0.05, 0) is 24.3 Å². The van der Waals surface area contributed by atoms with E-state index in [2.05, 4.69) is 15.9 Å². The zero-order valence-corrected chi connectivity index (χ0v) is 17.6. The Kier molecular flexibility index (Phi) is 7.30. The monoisotopic (exact) mass is 458 g/mol. The van der Waals surface area contributed by atoms with Crippen molar-refractivity contribution in [2.45, 2.75) is 0 Å². The average molecular weight is 459 g/mol. The number of ketones is 2. The molecule has 0 fully saturated rings. The van der Waals surface area contributed by atoms with Crippen LogP contribution < -0.4 is 0 Å². The van der Waals surface area contributed by atoms with Crippen molar-refractivity contribution in [1.82, 2.24) is 0 Å². The molecule has 0 aliphatic heterocycles. The molecule has 0 aliphatic carbocycles. The second kappa shape index (κ2) is 10.3. The molecule has 4 aromatic carbocycles. The van der Waals surface area contributed by atoms with E-state index >= 15 is 0 Å². The lowest BCUT2D eigenvalue weighted by Crippen LogP contribution is -2.00. The zero-order chi connectivity index (χ0) is 21.3. The van der Waals surface area contributed by atoms with Crippen LogP contribution in [0.3, 0.4) is 0 Å². The molecule has 0 atom stereocenters. The Morgan fingerprint density at radius 1 is 0.533 bits per heavy atom. The van der Waals surface area contributed by atoms with E-state index in [1.165, 1.54) is 12.1 Å². The third kappa shape index (κ3) is 5.75. The smallest absolute Gasteiger partial charge is 0.193 e. The molecule has 0 aromatic heterocycles. The average Bonchev–Trinajstić information content (AvgIpc) is 2.80. The fourth-order valence-electron chi connectivity index (χ4n) is 2.79. The van der Waals surface area contributed by atoms with Crippen molar-refractivity contribution < 1.29 is 14.7 Å². The van der Waals surface area contributed by atoms with Crippen LogP contribution in [-0.2, 0) is 0 Å². The molecule has 3 nitrogen and oxygen atoms in total. The third-order valence-electron chi connectivity index (χ3n) is 4.27. The number of hydrogen-bond acceptors (Lipinski definition) is 3. The maximum Gasteiger partial charge on any atom is 0.193 e. The lowest BCUT2D eigenvalue weighted by Gasteiger charge is -2.02. The summed E-state index contributed by atoms with van der Waals surface area (Å²) in [5.41, 5.74) is 2.55. The predicted molar refractivity (Wildman–Crippen MR) is 122 cm³/mol. The zero-order valence-electron chi connectivity index (χ0n) is 16.0. The van der Waals surface area contributed by atoms with Crippen LogP contribution in [-0.4, -0.2) is 16.7 Å². The highest BCUT2D eigenvalue weighted by Gasteiger charge is 2.09. The largest absolute Gasteiger partial charge is 0.508 e. The summed E-state index contributed by atoms with van der Waals surface area (Å²) in [7, 11) is 0. The van der Waals surface area contributed by atoms with Crippen molar-refractivity contribution in [3.8, 4) is 5.75 Å². The van der Waals surface area contributed by atoms with Gasteiger partial charge in [-0.3, -0.25) is 9.59 Å². The Morgan fingerprint density at radius 3 is 1.47 bits per heavy atom. The molecule has 0 aliphatic rings. The van der Waals surface area contributed by atoms with Gasteiger partial charge in [0.1, 0.15) is 5.75 Å². The van der Waals surface area contributed by atoms with Crippen molar-refractivity contribution in [2.24, 2.45) is 0 Å². The SMILES string of the molecule is O=C(c1cccc(O)c1)c1cccc(Br)c1.O=C(c1ccccc1)c1ccccc1. The minimum atomic E-state index is -0.0998. The molecule has 0 bridgehead atoms. The molecule has 0 saturated heterocycles. The van der Waals surface area contributed by atoms with E-state index in [0.717, 1.165) is 15.6 Å². The number of phenolic OH excluding ortho intramolecular Hbond substituents is 1. The third-order valence-corrected chi connectivity index (χ3v) is 4.76. The highest BCUT2D eigenvalue weighted by atomic mass is 79.9. The summed E-state index contributed by atoms with van der Waals surface area (Å²) >= 11 is 3.32. The lowest BCUT2D eigenvalue weighted by molar-refractivity contribution is 0.103. The molecule has 0 radical (unpaired) electrons. The van der Waals surface area contributed by atoms with Crippen molar-refractivity contribution >= 4 is 27.5 Å². The molecular formula is C26H19BrO3. The second-order valence-electron chi connectivity index (χ2n) is 6.45. The van der Waals surface area contributed by atoms with Crippen LogP contribution in [0.1, 0.15) is 31.8 Å². The number of carbonyl (C=O) groups is 2. The van der Waals surface area contributed by atoms with Crippen LogP contribution in [0.4, 0.5) is 0 Å². The molecule has 30 heavy (non-hydrogen) atoms. The van der Waals surface area contributed by atoms with Gasteiger partial charge in [-0.2, -0.15) is 0 Å². The molecule has 1 N–H and O–H groups in total. The van der Waals surface area contributed by atoms with Gasteiger partial charge in [0.05, 0.1) is 0 Å². The number of hydrogen-bond donors (Lipinski definition) is 1. The van der Waals surface area contributed by atoms with Crippen molar-refractivity contribution in [3.63, 3.8) is 0 Å². The predicted octanol–water partition coefficient (Wildman–Crippen LogP) is 6.30. The molecular weight excluding hydrogens is 440 g/mol. The van der Waals surface area contributed by atoms with E-state index in [1.54, 1.807) is 30.3 Å². The standard InChI is InChI=1S/C13H9BrO2.C13H10O/c14-11-5-1-3-9(7-11)13(16)10-4-2-6-12(15)8-10;14-13(11-7-3-1-4-8-11)12-9-5-2-6-10-12/h1-8,15H;1-10H. The highest BCUT2D eigenvalue weighted by molar-refractivity contribution is 9.10. The molecule has 0 amide bonds. The number of carbonyl (C=O) groups excluding carboxylic acids is 2. The van der Waals surface area contributed by atoms with Gasteiger partial charge in [0.2, 0.25) is 0 Å². The van der Waals surface area contributed by atoms with Gasteiger partial charge < -0.3 is 5.11 Å². The molecule has 4 aromatic rings. The summed E-state index contributed by atoms with van der Waals surface area (Å²) in [5, 5.41) is 9.30. The van der Waals surface area contributed by atoms with Crippen molar-refractivity contribution in [1.29, 1.82) is 0 Å². The summed E-state index contributed by atoms with van der Waals surface area (Å²) < 4.78 is 0.860. The first-order valence-electron chi connectivity index (χ1n) is 9.28. The number of benzene rings is 4. The summed E-state index contributed by atoms with van der Waals surface area (Å²) in [5.74, 6) is 0.0734. The van der Waals surface area contributed by atoms with Gasteiger partial charge in [0.15, 0.2) is 11.6 Å². The van der Waals surface area contributed by atoms with Gasteiger partial charge in [-0.25, -0.2) is 0 Å². The minimum absolute atomic E-state index is 0.0752. The molecule has 0 heterocycles. The van der Waals surface area contributed by atoms with Gasteiger partial charge in [0, 0.05) is 26.7 Å². The molecule has 4 heteroatoms. The Hall–Kier alpha value is -3.50. The first-order chi connectivity index (χ1) is 14.5. The van der Waals surface area contributed by atoms with Crippen molar-refractivity contribution in [3.05, 3.63) is 136 Å². The summed E-state index contributed by atoms with van der Waals surface area (Å²) in [6.07, 6.45) is 0. The van der Waals surface area contributed by atoms with Crippen LogP contribution in [0, 0.1) is 0 Å². The van der Waals surface area contributed by atoms with Crippen LogP contribution in [0.25, 0.3) is 0 Å². The topological polar surface area (TPSA) is 54.4 Å². The fourth-order valence-corrected chi connectivity index (χ4v) is 3.19. The second-order valence-corrected chi connectivity index (χ2v) is 7.37. The highest BCUT2D eigenvalue weighted by Crippen LogP contribution is 2.18. The molecule has 0 spiro atoms. The van der Waals surface area contributed by atoms with Crippen LogP contribution >= 0.6 is 15.9 Å². The van der Waals surface area contributed by atoms with E-state index in [9.17, 15) is 14.7 Å². The van der Waals surface area contributed by atoms with Gasteiger partial charge in [-0.15, -0.1) is 0 Å². The van der Waals surface area contributed by atoms with Crippen LogP contribution in [0.5, 0.6) is 5.75 Å². The van der Waals surface area contributed by atoms with E-state index in [4.69, 9.17) is 0 Å². The number of aromatic hydroxyl groups is 1. The molecule has 0 saturated carbocycles. The first kappa shape index (κ1) is 21.2. The Labute approximate surface area is 183 Å². The number of rotatable bonds is 4. The van der Waals surface area contributed by atoms with Crippen LogP contribution in [0.2, 0.25) is 0 Å². The van der Waals surface area contributed by atoms with E-state index < -0.39 is 0 Å². The molecule has 148 valence electrons. The molecule has 0 unspecified atom stereocenters. The Morgan fingerprint density at radius 2 is 0.967 bits per heavy atom. The summed E-state index contributed by atoms with van der Waals surface area (Å²) in [6, 6.07) is 32.1. The Balaban J connectivity index is 0.000000172. The van der Waals surface area contributed by atoms with E-state index in [1.807, 2.05) is 66.7 Å². The van der Waals surface area contributed by atoms with Gasteiger partial charge in [0.25, 0.3) is 0 Å². The fraction of sp³-hybridized carbons (Fsp3) is 0. The number of phenols is 1. The quantitative estimate of drug-likeness (QED) is 0.364. The minimum Gasteiger partial charge on any atom is -0.508 e.